The first-order valence-electron chi connectivity index (χ1n) is 5.86. The van der Waals surface area contributed by atoms with Crippen LogP contribution < -0.4 is 10.0 Å². The van der Waals surface area contributed by atoms with Crippen molar-refractivity contribution in [2.45, 2.75) is 11.8 Å². The molecular formula is C13H14FN3O2S. The largest absolute Gasteiger partial charge is 0.372 e. The van der Waals surface area contributed by atoms with E-state index in [1.165, 1.54) is 36.5 Å². The third kappa shape index (κ3) is 2.88. The van der Waals surface area contributed by atoms with Crippen molar-refractivity contribution in [1.29, 1.82) is 0 Å². The molecule has 0 amide bonds. The molecule has 0 radical (unpaired) electrons. The first-order chi connectivity index (χ1) is 9.44. The molecule has 0 unspecified atom stereocenters. The van der Waals surface area contributed by atoms with E-state index in [0.717, 1.165) is 0 Å². The number of pyridine rings is 1. The highest BCUT2D eigenvalue weighted by Gasteiger charge is 2.19. The highest BCUT2D eigenvalue weighted by Crippen LogP contribution is 2.22. The maximum Gasteiger partial charge on any atom is 0.265 e. The third-order valence-corrected chi connectivity index (χ3v) is 4.12. The Morgan fingerprint density at radius 1 is 1.25 bits per heavy atom. The molecule has 1 heterocycles. The van der Waals surface area contributed by atoms with Crippen LogP contribution in [-0.2, 0) is 10.0 Å². The lowest BCUT2D eigenvalue weighted by atomic mass is 10.2. The van der Waals surface area contributed by atoms with Gasteiger partial charge in [-0.15, -0.1) is 0 Å². The van der Waals surface area contributed by atoms with Crippen molar-refractivity contribution < 1.29 is 12.8 Å². The fourth-order valence-electron chi connectivity index (χ4n) is 1.71. The third-order valence-electron chi connectivity index (χ3n) is 2.71. The molecule has 0 saturated carbocycles. The minimum Gasteiger partial charge on any atom is -0.372 e. The number of nitrogens with zero attached hydrogens (tertiary/aromatic N) is 1. The van der Waals surface area contributed by atoms with Crippen LogP contribution in [0.15, 0.2) is 41.4 Å². The van der Waals surface area contributed by atoms with Gasteiger partial charge in [0.15, 0.2) is 0 Å². The summed E-state index contributed by atoms with van der Waals surface area (Å²) in [6.07, 6.45) is 1.49. The summed E-state index contributed by atoms with van der Waals surface area (Å²) in [6, 6.07) is 7.00. The van der Waals surface area contributed by atoms with Crippen LogP contribution in [0, 0.1) is 12.7 Å². The summed E-state index contributed by atoms with van der Waals surface area (Å²) >= 11 is 0. The molecule has 2 aromatic rings. The molecule has 2 rings (SSSR count). The zero-order chi connectivity index (χ0) is 14.8. The molecule has 0 spiro atoms. The number of nitrogens with one attached hydrogen (secondary N) is 2. The summed E-state index contributed by atoms with van der Waals surface area (Å²) in [4.78, 5) is 3.98. The van der Waals surface area contributed by atoms with E-state index in [4.69, 9.17) is 0 Å². The van der Waals surface area contributed by atoms with Crippen LogP contribution in [0.5, 0.6) is 0 Å². The molecule has 0 atom stereocenters. The number of anilines is 2. The van der Waals surface area contributed by atoms with Gasteiger partial charge in [0.2, 0.25) is 0 Å². The topological polar surface area (TPSA) is 71.1 Å². The molecule has 20 heavy (non-hydrogen) atoms. The SMILES string of the molecule is CNc1ncccc1S(=O)(=O)Nc1ccc(F)c(C)c1. The molecule has 1 aromatic heterocycles. The number of rotatable bonds is 4. The molecule has 0 fully saturated rings. The number of hydrogen-bond donors (Lipinski definition) is 2. The molecule has 106 valence electrons. The summed E-state index contributed by atoms with van der Waals surface area (Å²) in [5.74, 6) is -0.135. The van der Waals surface area contributed by atoms with Crippen molar-refractivity contribution in [3.05, 3.63) is 47.9 Å². The second-order valence-corrected chi connectivity index (χ2v) is 5.82. The Hall–Kier alpha value is -2.15. The second-order valence-electron chi connectivity index (χ2n) is 4.17. The molecule has 0 aliphatic rings. The minimum atomic E-state index is -3.78. The van der Waals surface area contributed by atoms with E-state index < -0.39 is 10.0 Å². The molecule has 2 N–H and O–H groups in total. The van der Waals surface area contributed by atoms with Crippen molar-refractivity contribution in [1.82, 2.24) is 4.98 Å². The molecule has 0 saturated heterocycles. The van der Waals surface area contributed by atoms with Gasteiger partial charge in [0.05, 0.1) is 0 Å². The Kier molecular flexibility index (Phi) is 3.89. The number of sulfonamides is 1. The van der Waals surface area contributed by atoms with E-state index in [-0.39, 0.29) is 16.5 Å². The van der Waals surface area contributed by atoms with Crippen molar-refractivity contribution in [2.75, 3.05) is 17.1 Å². The van der Waals surface area contributed by atoms with Gasteiger partial charge in [0, 0.05) is 18.9 Å². The van der Waals surface area contributed by atoms with Gasteiger partial charge < -0.3 is 5.32 Å². The summed E-state index contributed by atoms with van der Waals surface area (Å²) in [7, 11) is -2.20. The van der Waals surface area contributed by atoms with E-state index >= 15 is 0 Å². The second kappa shape index (κ2) is 5.46. The van der Waals surface area contributed by atoms with Crippen molar-refractivity contribution >= 4 is 21.5 Å². The highest BCUT2D eigenvalue weighted by molar-refractivity contribution is 7.92. The van der Waals surface area contributed by atoms with Gasteiger partial charge in [-0.2, -0.15) is 0 Å². The van der Waals surface area contributed by atoms with Crippen LogP contribution in [-0.4, -0.2) is 20.4 Å². The van der Waals surface area contributed by atoms with Crippen LogP contribution in [0.1, 0.15) is 5.56 Å². The van der Waals surface area contributed by atoms with Crippen molar-refractivity contribution in [3.8, 4) is 0 Å². The van der Waals surface area contributed by atoms with Gasteiger partial charge in [0.1, 0.15) is 16.5 Å². The van der Waals surface area contributed by atoms with Crippen LogP contribution in [0.4, 0.5) is 15.9 Å². The maximum atomic E-state index is 13.2. The molecular weight excluding hydrogens is 281 g/mol. The zero-order valence-corrected chi connectivity index (χ0v) is 11.8. The first kappa shape index (κ1) is 14.3. The maximum absolute atomic E-state index is 13.2. The Labute approximate surface area is 116 Å². The van der Waals surface area contributed by atoms with E-state index in [1.807, 2.05) is 0 Å². The summed E-state index contributed by atoms with van der Waals surface area (Å²) in [6.45, 7) is 1.57. The number of hydrogen-bond acceptors (Lipinski definition) is 4. The number of benzene rings is 1. The fraction of sp³-hybridized carbons (Fsp3) is 0.154. The fourth-order valence-corrected chi connectivity index (χ4v) is 2.93. The molecule has 0 aliphatic heterocycles. The van der Waals surface area contributed by atoms with E-state index in [2.05, 4.69) is 15.0 Å². The predicted molar refractivity (Wildman–Crippen MR) is 75.7 cm³/mol. The van der Waals surface area contributed by atoms with Crippen LogP contribution in [0.25, 0.3) is 0 Å². The Balaban J connectivity index is 2.38. The summed E-state index contributed by atoms with van der Waals surface area (Å²) in [5, 5.41) is 2.72. The van der Waals surface area contributed by atoms with E-state index in [1.54, 1.807) is 14.0 Å². The lowest BCUT2D eigenvalue weighted by Gasteiger charge is -2.11. The van der Waals surface area contributed by atoms with Crippen LogP contribution in [0.3, 0.4) is 0 Å². The molecule has 0 aliphatic carbocycles. The normalized spacial score (nSPS) is 11.2. The van der Waals surface area contributed by atoms with E-state index in [0.29, 0.717) is 11.3 Å². The molecule has 5 nitrogen and oxygen atoms in total. The van der Waals surface area contributed by atoms with Crippen LogP contribution >= 0.6 is 0 Å². The van der Waals surface area contributed by atoms with Gasteiger partial charge in [-0.25, -0.2) is 17.8 Å². The number of halogens is 1. The van der Waals surface area contributed by atoms with Gasteiger partial charge in [-0.3, -0.25) is 4.72 Å². The smallest absolute Gasteiger partial charge is 0.265 e. The van der Waals surface area contributed by atoms with Gasteiger partial charge in [0.25, 0.3) is 10.0 Å². The Morgan fingerprint density at radius 3 is 2.65 bits per heavy atom. The average molecular weight is 295 g/mol. The average Bonchev–Trinajstić information content (AvgIpc) is 2.42. The van der Waals surface area contributed by atoms with Crippen molar-refractivity contribution in [3.63, 3.8) is 0 Å². The van der Waals surface area contributed by atoms with Gasteiger partial charge in [-0.05, 0) is 42.8 Å². The first-order valence-corrected chi connectivity index (χ1v) is 7.34. The van der Waals surface area contributed by atoms with Crippen LogP contribution in [0.2, 0.25) is 0 Å². The lowest BCUT2D eigenvalue weighted by Crippen LogP contribution is -2.15. The predicted octanol–water partition coefficient (Wildman–Crippen LogP) is 2.37. The quantitative estimate of drug-likeness (QED) is 0.908. The minimum absolute atomic E-state index is 0.0319. The monoisotopic (exact) mass is 295 g/mol. The number of aromatic nitrogens is 1. The Bertz CT molecular complexity index is 732. The molecule has 0 bridgehead atoms. The highest BCUT2D eigenvalue weighted by atomic mass is 32.2. The summed E-state index contributed by atoms with van der Waals surface area (Å²) < 4.78 is 40.2. The lowest BCUT2D eigenvalue weighted by molar-refractivity contribution is 0.600. The standard InChI is InChI=1S/C13H14FN3O2S/c1-9-8-10(5-6-11(9)14)17-20(18,19)12-4-3-7-16-13(12)15-2/h3-8,17H,1-2H3,(H,15,16). The summed E-state index contributed by atoms with van der Waals surface area (Å²) in [5.41, 5.74) is 0.667. The number of aryl methyl sites for hydroxylation is 1. The van der Waals surface area contributed by atoms with Gasteiger partial charge >= 0.3 is 0 Å². The van der Waals surface area contributed by atoms with Crippen molar-refractivity contribution in [2.24, 2.45) is 0 Å². The van der Waals surface area contributed by atoms with E-state index in [9.17, 15) is 12.8 Å². The molecule has 7 heteroatoms. The molecule has 1 aromatic carbocycles. The zero-order valence-electron chi connectivity index (χ0n) is 11.0. The van der Waals surface area contributed by atoms with Gasteiger partial charge in [-0.1, -0.05) is 0 Å². The Morgan fingerprint density at radius 2 is 2.00 bits per heavy atom.